The zero-order valence-corrected chi connectivity index (χ0v) is 22.2. The molecule has 4 heterocycles. The molecule has 5 atom stereocenters. The quantitative estimate of drug-likeness (QED) is 0.347. The second-order valence-electron chi connectivity index (χ2n) is 10.9. The number of fused-ring (bicyclic) bond motifs is 2. The minimum absolute atomic E-state index is 0.0592. The Labute approximate surface area is 215 Å². The monoisotopic (exact) mass is 501 g/mol. The van der Waals surface area contributed by atoms with Gasteiger partial charge in [-0.1, -0.05) is 57.4 Å². The van der Waals surface area contributed by atoms with Crippen molar-refractivity contribution in [3.63, 3.8) is 0 Å². The van der Waals surface area contributed by atoms with E-state index in [1.807, 2.05) is 48.0 Å². The smallest absolute Gasteiger partial charge is 0.249 e. The highest BCUT2D eigenvalue weighted by molar-refractivity contribution is 6.00. The molecule has 8 heteroatoms. The lowest BCUT2D eigenvalue weighted by Gasteiger charge is -2.37. The molecule has 3 amide bonds. The van der Waals surface area contributed by atoms with Crippen LogP contribution in [0.25, 0.3) is 0 Å². The number of aliphatic hydroxyl groups is 1. The molecule has 36 heavy (non-hydrogen) atoms. The predicted molar refractivity (Wildman–Crippen MR) is 137 cm³/mol. The van der Waals surface area contributed by atoms with Crippen LogP contribution in [0.2, 0.25) is 0 Å². The zero-order valence-electron chi connectivity index (χ0n) is 22.2. The fourth-order valence-electron chi connectivity index (χ4n) is 6.63. The molecular formula is C28H43N3O5. The van der Waals surface area contributed by atoms with Crippen molar-refractivity contribution in [3.8, 4) is 0 Å². The van der Waals surface area contributed by atoms with Crippen LogP contribution in [0.5, 0.6) is 0 Å². The summed E-state index contributed by atoms with van der Waals surface area (Å²) in [4.78, 5) is 47.5. The molecule has 0 saturated carbocycles. The summed E-state index contributed by atoms with van der Waals surface area (Å²) < 4.78 is 6.83. The Kier molecular flexibility index (Phi) is 8.25. The van der Waals surface area contributed by atoms with Gasteiger partial charge in [0.25, 0.3) is 0 Å². The number of ether oxygens (including phenoxy) is 1. The summed E-state index contributed by atoms with van der Waals surface area (Å²) in [6.45, 7) is 8.90. The van der Waals surface area contributed by atoms with E-state index in [1.165, 1.54) is 0 Å². The van der Waals surface area contributed by atoms with Crippen molar-refractivity contribution in [2.24, 2.45) is 11.8 Å². The third-order valence-electron chi connectivity index (χ3n) is 8.31. The molecule has 1 N–H and O–H groups in total. The topological polar surface area (TPSA) is 90.4 Å². The van der Waals surface area contributed by atoms with Crippen molar-refractivity contribution in [2.75, 3.05) is 39.3 Å². The van der Waals surface area contributed by atoms with Crippen LogP contribution < -0.4 is 0 Å². The van der Waals surface area contributed by atoms with E-state index in [0.717, 1.165) is 44.9 Å². The molecular weight excluding hydrogens is 458 g/mol. The minimum atomic E-state index is -1.16. The summed E-state index contributed by atoms with van der Waals surface area (Å²) in [6, 6.07) is -0.770. The third-order valence-corrected chi connectivity index (χ3v) is 8.31. The number of aliphatic hydroxyl groups excluding tert-OH is 1. The Hall–Kier alpha value is -2.19. The Bertz CT molecular complexity index is 904. The number of carbonyl (C=O) groups is 3. The Morgan fingerprint density at radius 3 is 2.22 bits per heavy atom. The van der Waals surface area contributed by atoms with Gasteiger partial charge in [-0.25, -0.2) is 0 Å². The fourth-order valence-corrected chi connectivity index (χ4v) is 6.63. The number of nitrogens with zero attached hydrogens (tertiary/aromatic N) is 3. The fraction of sp³-hybridized carbons (Fsp3) is 0.750. The van der Waals surface area contributed by atoms with Crippen molar-refractivity contribution >= 4 is 17.7 Å². The van der Waals surface area contributed by atoms with E-state index < -0.39 is 29.1 Å². The van der Waals surface area contributed by atoms with Crippen molar-refractivity contribution in [2.45, 2.75) is 83.0 Å². The van der Waals surface area contributed by atoms with Crippen molar-refractivity contribution in [1.29, 1.82) is 0 Å². The molecule has 4 rings (SSSR count). The minimum Gasteiger partial charge on any atom is -0.396 e. The van der Waals surface area contributed by atoms with Crippen LogP contribution in [0.15, 0.2) is 24.3 Å². The number of amides is 3. The second kappa shape index (κ2) is 11.1. The van der Waals surface area contributed by atoms with Crippen LogP contribution in [-0.4, -0.2) is 94.1 Å². The van der Waals surface area contributed by atoms with E-state index in [9.17, 15) is 14.4 Å². The van der Waals surface area contributed by atoms with E-state index in [4.69, 9.17) is 9.84 Å². The molecule has 8 nitrogen and oxygen atoms in total. The lowest BCUT2D eigenvalue weighted by molar-refractivity contribution is -0.152. The molecule has 4 aliphatic heterocycles. The molecule has 4 aliphatic rings. The summed E-state index contributed by atoms with van der Waals surface area (Å²) in [5.74, 6) is -1.69. The largest absolute Gasteiger partial charge is 0.396 e. The number of rotatable bonds is 11. The summed E-state index contributed by atoms with van der Waals surface area (Å²) >= 11 is 0. The van der Waals surface area contributed by atoms with E-state index in [0.29, 0.717) is 32.7 Å². The van der Waals surface area contributed by atoms with Crippen LogP contribution in [-0.2, 0) is 19.1 Å². The SMILES string of the molecule is CCCCN1CC=C[C@]23O[C@]4(C)C=CCN(CCC)C(=O)[C@@H]4[C@H]2C(=O)N(CCCCCCO)C3C1=O. The number of carbonyl (C=O) groups excluding carboxylic acids is 3. The number of unbranched alkanes of at least 4 members (excludes halogenated alkanes) is 4. The first-order chi connectivity index (χ1) is 17.3. The molecule has 1 unspecified atom stereocenters. The van der Waals surface area contributed by atoms with Gasteiger partial charge in [-0.15, -0.1) is 0 Å². The summed E-state index contributed by atoms with van der Waals surface area (Å²) in [5.41, 5.74) is -2.11. The zero-order chi connectivity index (χ0) is 25.9. The van der Waals surface area contributed by atoms with E-state index >= 15 is 0 Å². The molecule has 0 bridgehead atoms. The molecule has 2 fully saturated rings. The average molecular weight is 502 g/mol. The van der Waals surface area contributed by atoms with Gasteiger partial charge in [0.1, 0.15) is 11.6 Å². The van der Waals surface area contributed by atoms with Gasteiger partial charge in [0.15, 0.2) is 0 Å². The maximum atomic E-state index is 14.2. The van der Waals surface area contributed by atoms with Gasteiger partial charge < -0.3 is 24.5 Å². The van der Waals surface area contributed by atoms with E-state index in [1.54, 1.807) is 4.90 Å². The van der Waals surface area contributed by atoms with E-state index in [-0.39, 0.29) is 24.3 Å². The second-order valence-corrected chi connectivity index (χ2v) is 10.9. The molecule has 200 valence electrons. The maximum Gasteiger partial charge on any atom is 0.249 e. The Morgan fingerprint density at radius 1 is 0.833 bits per heavy atom. The molecule has 0 radical (unpaired) electrons. The summed E-state index contributed by atoms with van der Waals surface area (Å²) in [6.07, 6.45) is 13.7. The van der Waals surface area contributed by atoms with Gasteiger partial charge in [-0.05, 0) is 32.6 Å². The van der Waals surface area contributed by atoms with Gasteiger partial charge >= 0.3 is 0 Å². The molecule has 0 aromatic rings. The van der Waals surface area contributed by atoms with Gasteiger partial charge in [0.2, 0.25) is 17.7 Å². The van der Waals surface area contributed by atoms with Gasteiger partial charge in [0, 0.05) is 39.3 Å². The van der Waals surface area contributed by atoms with Gasteiger partial charge in [0.05, 0.1) is 17.4 Å². The first kappa shape index (κ1) is 26.9. The van der Waals surface area contributed by atoms with Crippen LogP contribution in [0.4, 0.5) is 0 Å². The third kappa shape index (κ3) is 4.51. The standard InChI is InChI=1S/C28H43N3O5/c1-4-6-16-30-18-12-14-28-22(21-24(33)29(15-5-2)17-11-13-27(21,3)36-28)25(34)31(23(28)26(30)35)19-9-7-8-10-20-32/h11-14,21-23,32H,4-10,15-20H2,1-3H3/t21-,22-,23?,27+,28-/m0/s1. The van der Waals surface area contributed by atoms with Gasteiger partial charge in [-0.2, -0.15) is 0 Å². The number of hydrogen-bond acceptors (Lipinski definition) is 5. The summed E-state index contributed by atoms with van der Waals surface area (Å²) in [5, 5.41) is 9.11. The highest BCUT2D eigenvalue weighted by Crippen LogP contribution is 2.57. The normalized spacial score (nSPS) is 33.6. The molecule has 1 spiro atoms. The first-order valence-electron chi connectivity index (χ1n) is 13.9. The lowest BCUT2D eigenvalue weighted by atomic mass is 9.74. The molecule has 2 saturated heterocycles. The highest BCUT2D eigenvalue weighted by Gasteiger charge is 2.74. The van der Waals surface area contributed by atoms with E-state index in [2.05, 4.69) is 6.92 Å². The van der Waals surface area contributed by atoms with Gasteiger partial charge in [-0.3, -0.25) is 14.4 Å². The first-order valence-corrected chi connectivity index (χ1v) is 13.9. The summed E-state index contributed by atoms with van der Waals surface area (Å²) in [7, 11) is 0. The maximum absolute atomic E-state index is 14.2. The van der Waals surface area contributed by atoms with Crippen LogP contribution in [0.1, 0.15) is 65.7 Å². The van der Waals surface area contributed by atoms with Crippen molar-refractivity contribution in [3.05, 3.63) is 24.3 Å². The predicted octanol–water partition coefficient (Wildman–Crippen LogP) is 2.52. The molecule has 0 aliphatic carbocycles. The Morgan fingerprint density at radius 2 is 1.53 bits per heavy atom. The van der Waals surface area contributed by atoms with Crippen LogP contribution in [0.3, 0.4) is 0 Å². The highest BCUT2D eigenvalue weighted by atomic mass is 16.5. The average Bonchev–Trinajstić information content (AvgIpc) is 3.12. The number of likely N-dealkylation sites (tertiary alicyclic amines) is 1. The molecule has 0 aromatic carbocycles. The molecule has 0 aromatic heterocycles. The van der Waals surface area contributed by atoms with Crippen LogP contribution in [0, 0.1) is 11.8 Å². The lowest BCUT2D eigenvalue weighted by Crippen LogP contribution is -2.56. The van der Waals surface area contributed by atoms with Crippen molar-refractivity contribution in [1.82, 2.24) is 14.7 Å². The number of hydrogen-bond donors (Lipinski definition) is 1. The Balaban J connectivity index is 1.73. The van der Waals surface area contributed by atoms with Crippen LogP contribution >= 0.6 is 0 Å². The van der Waals surface area contributed by atoms with Crippen molar-refractivity contribution < 1.29 is 24.2 Å².